The smallest absolute Gasteiger partial charge is 0.301 e. The highest BCUT2D eigenvalue weighted by atomic mass is 79.9. The molecule has 152 valence electrons. The topological polar surface area (TPSA) is 74.0 Å². The van der Waals surface area contributed by atoms with Gasteiger partial charge in [0, 0.05) is 18.4 Å². The van der Waals surface area contributed by atoms with Crippen LogP contribution in [0.3, 0.4) is 0 Å². The summed E-state index contributed by atoms with van der Waals surface area (Å²) in [4.78, 5) is 18.8. The number of fused-ring (bicyclic) bond motifs is 1. The van der Waals surface area contributed by atoms with Crippen LogP contribution in [0.4, 0.5) is 6.01 Å². The van der Waals surface area contributed by atoms with E-state index in [0.29, 0.717) is 61.0 Å². The fourth-order valence-electron chi connectivity index (χ4n) is 3.29. The Bertz CT molecular complexity index is 1050. The molecule has 0 radical (unpaired) electrons. The van der Waals surface area contributed by atoms with Crippen LogP contribution in [0.2, 0.25) is 0 Å². The Hall–Kier alpha value is -2.58. The lowest BCUT2D eigenvalue weighted by Crippen LogP contribution is -2.37. The number of rotatable bonds is 6. The molecule has 2 aromatic carbocycles. The Morgan fingerprint density at radius 1 is 1.14 bits per heavy atom. The Kier molecular flexibility index (Phi) is 6.01. The molecule has 1 fully saturated rings. The van der Waals surface area contributed by atoms with Crippen LogP contribution in [0.15, 0.2) is 45.6 Å². The Labute approximate surface area is 176 Å². The number of ether oxygens (including phenoxy) is 3. The minimum absolute atomic E-state index is 0.304. The largest absolute Gasteiger partial charge is 0.497 e. The fourth-order valence-corrected chi connectivity index (χ4v) is 3.45. The molecule has 0 amide bonds. The molecule has 1 aliphatic heterocycles. The molecule has 2 heterocycles. The molecule has 1 aliphatic rings. The standard InChI is InChI=1S/C21H21BrN2O5/c1-26-15-4-2-14(3-5-15)18-17(28-11-8-22)7-6-16-19(18)29-21(23-20(16)25)24-9-12-27-13-10-24/h2-7H,8-13H2,1H3. The van der Waals surface area contributed by atoms with Crippen molar-refractivity contribution in [2.75, 3.05) is 50.2 Å². The minimum atomic E-state index is -0.324. The quantitative estimate of drug-likeness (QED) is 0.521. The highest BCUT2D eigenvalue weighted by Crippen LogP contribution is 2.38. The van der Waals surface area contributed by atoms with Gasteiger partial charge in [-0.25, -0.2) is 0 Å². The minimum Gasteiger partial charge on any atom is -0.497 e. The van der Waals surface area contributed by atoms with Crippen molar-refractivity contribution in [2.24, 2.45) is 0 Å². The summed E-state index contributed by atoms with van der Waals surface area (Å²) >= 11 is 3.39. The van der Waals surface area contributed by atoms with E-state index < -0.39 is 0 Å². The van der Waals surface area contributed by atoms with Gasteiger partial charge in [-0.2, -0.15) is 4.98 Å². The van der Waals surface area contributed by atoms with E-state index in [1.54, 1.807) is 19.2 Å². The van der Waals surface area contributed by atoms with Crippen molar-refractivity contribution in [1.29, 1.82) is 0 Å². The SMILES string of the molecule is COc1ccc(-c2c(OCCBr)ccc3c(=O)nc(N4CCOCC4)oc23)cc1. The molecule has 4 rings (SSSR count). The zero-order valence-corrected chi connectivity index (χ0v) is 17.6. The lowest BCUT2D eigenvalue weighted by atomic mass is 10.0. The maximum absolute atomic E-state index is 12.8. The Balaban J connectivity index is 1.91. The van der Waals surface area contributed by atoms with E-state index >= 15 is 0 Å². The van der Waals surface area contributed by atoms with Crippen molar-refractivity contribution >= 4 is 32.9 Å². The monoisotopic (exact) mass is 460 g/mol. The molecule has 1 aromatic heterocycles. The average Bonchev–Trinajstić information content (AvgIpc) is 2.78. The molecule has 7 nitrogen and oxygen atoms in total. The van der Waals surface area contributed by atoms with Crippen LogP contribution in [-0.4, -0.2) is 50.3 Å². The van der Waals surface area contributed by atoms with Gasteiger partial charge < -0.3 is 23.5 Å². The second-order valence-electron chi connectivity index (χ2n) is 6.48. The van der Waals surface area contributed by atoms with Gasteiger partial charge in [0.15, 0.2) is 5.58 Å². The molecular weight excluding hydrogens is 440 g/mol. The predicted octanol–water partition coefficient (Wildman–Crippen LogP) is 3.47. The van der Waals surface area contributed by atoms with Crippen LogP contribution in [0.5, 0.6) is 11.5 Å². The predicted molar refractivity (Wildman–Crippen MR) is 115 cm³/mol. The number of methoxy groups -OCH3 is 1. The van der Waals surface area contributed by atoms with Gasteiger partial charge in [0.2, 0.25) is 0 Å². The number of benzene rings is 2. The van der Waals surface area contributed by atoms with Crippen molar-refractivity contribution < 1.29 is 18.6 Å². The molecule has 3 aromatic rings. The number of hydrogen-bond donors (Lipinski definition) is 0. The molecular formula is C21H21BrN2O5. The maximum Gasteiger partial charge on any atom is 0.301 e. The first-order chi connectivity index (χ1) is 14.2. The fraction of sp³-hybridized carbons (Fsp3) is 0.333. The van der Waals surface area contributed by atoms with Crippen LogP contribution in [0.25, 0.3) is 22.1 Å². The summed E-state index contributed by atoms with van der Waals surface area (Å²) in [6, 6.07) is 11.4. The highest BCUT2D eigenvalue weighted by molar-refractivity contribution is 9.09. The van der Waals surface area contributed by atoms with Crippen molar-refractivity contribution in [1.82, 2.24) is 4.98 Å². The van der Waals surface area contributed by atoms with E-state index in [0.717, 1.165) is 16.9 Å². The molecule has 0 N–H and O–H groups in total. The second kappa shape index (κ2) is 8.84. The normalized spacial score (nSPS) is 14.2. The third-order valence-corrected chi connectivity index (χ3v) is 5.06. The van der Waals surface area contributed by atoms with E-state index in [-0.39, 0.29) is 5.56 Å². The van der Waals surface area contributed by atoms with Crippen molar-refractivity contribution in [3.8, 4) is 22.6 Å². The summed E-state index contributed by atoms with van der Waals surface area (Å²) in [5.41, 5.74) is 1.72. The molecule has 0 saturated carbocycles. The van der Waals surface area contributed by atoms with Gasteiger partial charge in [-0.3, -0.25) is 4.79 Å². The molecule has 0 atom stereocenters. The summed E-state index contributed by atoms with van der Waals surface area (Å²) in [7, 11) is 1.62. The van der Waals surface area contributed by atoms with Gasteiger partial charge >= 0.3 is 6.01 Å². The number of nitrogens with zero attached hydrogens (tertiary/aromatic N) is 2. The summed E-state index contributed by atoms with van der Waals surface area (Å²) in [5.74, 6) is 1.39. The van der Waals surface area contributed by atoms with Gasteiger partial charge in [0.25, 0.3) is 5.56 Å². The molecule has 0 unspecified atom stereocenters. The lowest BCUT2D eigenvalue weighted by molar-refractivity contribution is 0.120. The molecule has 0 bridgehead atoms. The van der Waals surface area contributed by atoms with Gasteiger partial charge in [0.05, 0.1) is 37.9 Å². The Morgan fingerprint density at radius 2 is 1.90 bits per heavy atom. The number of morpholine rings is 1. The zero-order valence-electron chi connectivity index (χ0n) is 16.0. The van der Waals surface area contributed by atoms with Crippen molar-refractivity contribution in [2.45, 2.75) is 0 Å². The third kappa shape index (κ3) is 4.09. The summed E-state index contributed by atoms with van der Waals surface area (Å²) < 4.78 is 22.8. The van der Waals surface area contributed by atoms with Crippen molar-refractivity contribution in [3.05, 3.63) is 46.8 Å². The first kappa shape index (κ1) is 19.7. The molecule has 1 saturated heterocycles. The molecule has 0 aliphatic carbocycles. The van der Waals surface area contributed by atoms with E-state index in [9.17, 15) is 4.79 Å². The van der Waals surface area contributed by atoms with Crippen LogP contribution >= 0.6 is 15.9 Å². The van der Waals surface area contributed by atoms with E-state index in [1.165, 1.54) is 0 Å². The van der Waals surface area contributed by atoms with E-state index in [4.69, 9.17) is 18.6 Å². The number of hydrogen-bond acceptors (Lipinski definition) is 7. The Morgan fingerprint density at radius 3 is 2.59 bits per heavy atom. The van der Waals surface area contributed by atoms with Crippen molar-refractivity contribution in [3.63, 3.8) is 0 Å². The van der Waals surface area contributed by atoms with Crippen LogP contribution < -0.4 is 19.9 Å². The molecule has 29 heavy (non-hydrogen) atoms. The number of aromatic nitrogens is 1. The van der Waals surface area contributed by atoms with Gasteiger partial charge in [0.1, 0.15) is 11.5 Å². The zero-order chi connectivity index (χ0) is 20.2. The van der Waals surface area contributed by atoms with Gasteiger partial charge in [-0.15, -0.1) is 0 Å². The second-order valence-corrected chi connectivity index (χ2v) is 7.28. The third-order valence-electron chi connectivity index (χ3n) is 4.74. The first-order valence-electron chi connectivity index (χ1n) is 9.35. The summed E-state index contributed by atoms with van der Waals surface area (Å²) in [5, 5.41) is 1.10. The van der Waals surface area contributed by atoms with Crippen LogP contribution in [-0.2, 0) is 4.74 Å². The van der Waals surface area contributed by atoms with E-state index in [2.05, 4.69) is 20.9 Å². The summed E-state index contributed by atoms with van der Waals surface area (Å²) in [6.07, 6.45) is 0. The lowest BCUT2D eigenvalue weighted by Gasteiger charge is -2.26. The van der Waals surface area contributed by atoms with E-state index in [1.807, 2.05) is 29.2 Å². The molecule has 8 heteroatoms. The number of anilines is 1. The van der Waals surface area contributed by atoms with Crippen LogP contribution in [0, 0.1) is 0 Å². The number of alkyl halides is 1. The first-order valence-corrected chi connectivity index (χ1v) is 10.5. The summed E-state index contributed by atoms with van der Waals surface area (Å²) in [6.45, 7) is 2.88. The highest BCUT2D eigenvalue weighted by Gasteiger charge is 2.21. The van der Waals surface area contributed by atoms with Crippen LogP contribution in [0.1, 0.15) is 0 Å². The maximum atomic E-state index is 12.8. The van der Waals surface area contributed by atoms with Gasteiger partial charge in [-0.1, -0.05) is 28.1 Å². The average molecular weight is 461 g/mol. The van der Waals surface area contributed by atoms with Gasteiger partial charge in [-0.05, 0) is 29.8 Å². The molecule has 0 spiro atoms. The number of halogens is 1.